The molecule has 3 heteroatoms. The predicted octanol–water partition coefficient (Wildman–Crippen LogP) is 0.976. The van der Waals surface area contributed by atoms with Gasteiger partial charge in [-0.25, -0.2) is 0 Å². The average molecular weight is 170 g/mol. The van der Waals surface area contributed by atoms with E-state index in [4.69, 9.17) is 0 Å². The van der Waals surface area contributed by atoms with E-state index >= 15 is 0 Å². The third-order valence-corrected chi connectivity index (χ3v) is 1.86. The predicted molar refractivity (Wildman–Crippen MR) is 50.7 cm³/mol. The quantitative estimate of drug-likeness (QED) is 0.504. The number of hydrogen-bond acceptors (Lipinski definition) is 2. The van der Waals surface area contributed by atoms with Crippen molar-refractivity contribution in [2.24, 2.45) is 0 Å². The van der Waals surface area contributed by atoms with Gasteiger partial charge in [0, 0.05) is 5.57 Å². The Hall–Kier alpha value is -0.830. The van der Waals surface area contributed by atoms with Gasteiger partial charge in [-0.2, -0.15) is 0 Å². The second-order valence-electron chi connectivity index (χ2n) is 3.07. The standard InChI is InChI=1S/C9H18N2O/c1-6-7(2)9(12)10-8(3)11(4)5/h8H,2,6H2,1,3-5H3,(H,10,12). The summed E-state index contributed by atoms with van der Waals surface area (Å²) >= 11 is 0. The van der Waals surface area contributed by atoms with E-state index in [9.17, 15) is 4.79 Å². The summed E-state index contributed by atoms with van der Waals surface area (Å²) in [6.07, 6.45) is 0.757. The molecule has 0 aromatic heterocycles. The number of carbonyl (C=O) groups excluding carboxylic acids is 1. The molecule has 0 spiro atoms. The Labute approximate surface area is 74.4 Å². The molecule has 12 heavy (non-hydrogen) atoms. The molecule has 70 valence electrons. The van der Waals surface area contributed by atoms with Gasteiger partial charge in [-0.15, -0.1) is 0 Å². The van der Waals surface area contributed by atoms with Crippen LogP contribution in [0, 0.1) is 0 Å². The van der Waals surface area contributed by atoms with Crippen molar-refractivity contribution in [2.45, 2.75) is 26.4 Å². The van der Waals surface area contributed by atoms with Crippen LogP contribution in [0.4, 0.5) is 0 Å². The first-order valence-corrected chi connectivity index (χ1v) is 4.14. The van der Waals surface area contributed by atoms with Gasteiger partial charge in [0.05, 0.1) is 6.17 Å². The van der Waals surface area contributed by atoms with E-state index in [0.717, 1.165) is 0 Å². The Morgan fingerprint density at radius 3 is 2.42 bits per heavy atom. The fourth-order valence-electron chi connectivity index (χ4n) is 0.581. The monoisotopic (exact) mass is 170 g/mol. The second kappa shape index (κ2) is 4.93. The number of rotatable bonds is 4. The maximum absolute atomic E-state index is 11.3. The van der Waals surface area contributed by atoms with Crippen LogP contribution in [0.25, 0.3) is 0 Å². The molecule has 0 aliphatic heterocycles. The zero-order valence-electron chi connectivity index (χ0n) is 8.35. The molecule has 0 aromatic carbocycles. The molecule has 0 aromatic rings. The van der Waals surface area contributed by atoms with Crippen LogP contribution in [-0.4, -0.2) is 31.1 Å². The molecule has 0 radical (unpaired) electrons. The van der Waals surface area contributed by atoms with Crippen LogP contribution in [0.15, 0.2) is 12.2 Å². The Morgan fingerprint density at radius 2 is 2.08 bits per heavy atom. The highest BCUT2D eigenvalue weighted by atomic mass is 16.1. The van der Waals surface area contributed by atoms with Gasteiger partial charge in [0.25, 0.3) is 0 Å². The summed E-state index contributed by atoms with van der Waals surface area (Å²) in [5.41, 5.74) is 0.628. The van der Waals surface area contributed by atoms with Crippen LogP contribution in [-0.2, 0) is 4.79 Å². The minimum atomic E-state index is -0.0568. The first kappa shape index (κ1) is 11.2. The van der Waals surface area contributed by atoms with Crippen LogP contribution in [0.3, 0.4) is 0 Å². The normalized spacial score (nSPS) is 12.8. The van der Waals surface area contributed by atoms with Gasteiger partial charge in [0.2, 0.25) is 5.91 Å². The molecule has 0 saturated heterocycles. The summed E-state index contributed by atoms with van der Waals surface area (Å²) in [6.45, 7) is 7.51. The van der Waals surface area contributed by atoms with E-state index < -0.39 is 0 Å². The van der Waals surface area contributed by atoms with Crippen molar-refractivity contribution < 1.29 is 4.79 Å². The molecular formula is C9H18N2O. The summed E-state index contributed by atoms with van der Waals surface area (Å²) in [5, 5.41) is 2.82. The van der Waals surface area contributed by atoms with Crippen LogP contribution in [0.1, 0.15) is 20.3 Å². The minimum absolute atomic E-state index is 0.0563. The van der Waals surface area contributed by atoms with Gasteiger partial charge in [0.15, 0.2) is 0 Å². The molecule has 0 saturated carbocycles. The highest BCUT2D eigenvalue weighted by Crippen LogP contribution is 1.97. The molecule has 0 fully saturated rings. The molecule has 0 heterocycles. The van der Waals surface area contributed by atoms with Crippen molar-refractivity contribution >= 4 is 5.91 Å². The van der Waals surface area contributed by atoms with Gasteiger partial charge < -0.3 is 5.32 Å². The topological polar surface area (TPSA) is 32.3 Å². The van der Waals surface area contributed by atoms with Crippen LogP contribution >= 0.6 is 0 Å². The Balaban J connectivity index is 3.92. The van der Waals surface area contributed by atoms with Crippen molar-refractivity contribution in [2.75, 3.05) is 14.1 Å². The fraction of sp³-hybridized carbons (Fsp3) is 0.667. The Morgan fingerprint density at radius 1 is 1.58 bits per heavy atom. The first-order valence-electron chi connectivity index (χ1n) is 4.14. The summed E-state index contributed by atoms with van der Waals surface area (Å²) in [5.74, 6) is -0.0568. The maximum Gasteiger partial charge on any atom is 0.247 e. The summed E-state index contributed by atoms with van der Waals surface area (Å²) in [7, 11) is 3.83. The number of amides is 1. The smallest absolute Gasteiger partial charge is 0.247 e. The second-order valence-corrected chi connectivity index (χ2v) is 3.07. The lowest BCUT2D eigenvalue weighted by Gasteiger charge is -2.21. The van der Waals surface area contributed by atoms with E-state index in [1.54, 1.807) is 0 Å². The van der Waals surface area contributed by atoms with E-state index in [0.29, 0.717) is 12.0 Å². The lowest BCUT2D eigenvalue weighted by molar-refractivity contribution is -0.119. The first-order chi connectivity index (χ1) is 5.49. The SMILES string of the molecule is C=C(CC)C(=O)NC(C)N(C)C. The molecule has 0 bridgehead atoms. The molecule has 3 nitrogen and oxygen atoms in total. The third kappa shape index (κ3) is 3.53. The molecule has 1 amide bonds. The van der Waals surface area contributed by atoms with Crippen LogP contribution < -0.4 is 5.32 Å². The van der Waals surface area contributed by atoms with Gasteiger partial charge >= 0.3 is 0 Å². The summed E-state index contributed by atoms with van der Waals surface area (Å²) in [6, 6.07) is 0. The number of carbonyl (C=O) groups is 1. The van der Waals surface area contributed by atoms with Crippen molar-refractivity contribution in [3.8, 4) is 0 Å². The minimum Gasteiger partial charge on any atom is -0.337 e. The van der Waals surface area contributed by atoms with Gasteiger partial charge in [-0.1, -0.05) is 13.5 Å². The molecule has 0 aliphatic carbocycles. The van der Waals surface area contributed by atoms with Crippen LogP contribution in [0.5, 0.6) is 0 Å². The van der Waals surface area contributed by atoms with E-state index in [1.807, 2.05) is 32.8 Å². The van der Waals surface area contributed by atoms with Gasteiger partial charge in [-0.05, 0) is 27.4 Å². The Kier molecular flexibility index (Phi) is 4.59. The molecule has 1 atom stereocenters. The van der Waals surface area contributed by atoms with Crippen molar-refractivity contribution in [1.82, 2.24) is 10.2 Å². The highest BCUT2D eigenvalue weighted by Gasteiger charge is 2.09. The third-order valence-electron chi connectivity index (χ3n) is 1.86. The van der Waals surface area contributed by atoms with Crippen molar-refractivity contribution in [1.29, 1.82) is 0 Å². The van der Waals surface area contributed by atoms with E-state index in [2.05, 4.69) is 11.9 Å². The maximum atomic E-state index is 11.3. The summed E-state index contributed by atoms with van der Waals surface area (Å²) in [4.78, 5) is 13.2. The van der Waals surface area contributed by atoms with Crippen molar-refractivity contribution in [3.05, 3.63) is 12.2 Å². The number of nitrogens with one attached hydrogen (secondary N) is 1. The fourth-order valence-corrected chi connectivity index (χ4v) is 0.581. The van der Waals surface area contributed by atoms with Gasteiger partial charge in [0.1, 0.15) is 0 Å². The summed E-state index contributed by atoms with van der Waals surface area (Å²) < 4.78 is 0. The number of hydrogen-bond donors (Lipinski definition) is 1. The van der Waals surface area contributed by atoms with E-state index in [-0.39, 0.29) is 12.1 Å². The lowest BCUT2D eigenvalue weighted by atomic mass is 10.2. The number of nitrogens with zero attached hydrogens (tertiary/aromatic N) is 1. The van der Waals surface area contributed by atoms with Gasteiger partial charge in [-0.3, -0.25) is 9.69 Å². The molecule has 0 aliphatic rings. The largest absolute Gasteiger partial charge is 0.337 e. The average Bonchev–Trinajstić information content (AvgIpc) is 2.02. The zero-order chi connectivity index (χ0) is 9.72. The Bertz CT molecular complexity index is 175. The molecule has 1 N–H and O–H groups in total. The molecular weight excluding hydrogens is 152 g/mol. The van der Waals surface area contributed by atoms with E-state index in [1.165, 1.54) is 0 Å². The van der Waals surface area contributed by atoms with Crippen LogP contribution in [0.2, 0.25) is 0 Å². The van der Waals surface area contributed by atoms with Crippen molar-refractivity contribution in [3.63, 3.8) is 0 Å². The highest BCUT2D eigenvalue weighted by molar-refractivity contribution is 5.92. The molecule has 0 rings (SSSR count). The molecule has 1 unspecified atom stereocenters. The lowest BCUT2D eigenvalue weighted by Crippen LogP contribution is -2.42. The zero-order valence-corrected chi connectivity index (χ0v) is 8.35.